The van der Waals surface area contributed by atoms with E-state index < -0.39 is 23.6 Å². The molecule has 6 saturated heterocycles. The summed E-state index contributed by atoms with van der Waals surface area (Å²) in [5, 5.41) is 12.6. The van der Waals surface area contributed by atoms with Gasteiger partial charge in [-0.3, -0.25) is 4.79 Å². The fourth-order valence-corrected chi connectivity index (χ4v) is 6.45. The van der Waals surface area contributed by atoms with Crippen LogP contribution < -0.4 is 5.32 Å². The van der Waals surface area contributed by atoms with Crippen LogP contribution in [0.15, 0.2) is 0 Å². The summed E-state index contributed by atoms with van der Waals surface area (Å²) >= 11 is 0. The second-order valence-electron chi connectivity index (χ2n) is 13.0. The largest absolute Gasteiger partial charge is 0.444 e. The molecule has 0 spiro atoms. The zero-order chi connectivity index (χ0) is 27.9. The van der Waals surface area contributed by atoms with Crippen molar-refractivity contribution in [3.05, 3.63) is 0 Å². The van der Waals surface area contributed by atoms with Crippen molar-refractivity contribution < 1.29 is 47.9 Å². The molecular formula is C28H45NO10. The Kier molecular flexibility index (Phi) is 8.60. The van der Waals surface area contributed by atoms with Crippen LogP contribution in [0, 0.1) is 5.92 Å². The Bertz CT molecular complexity index is 894. The summed E-state index contributed by atoms with van der Waals surface area (Å²) in [7, 11) is 0. The molecule has 0 saturated carbocycles. The summed E-state index contributed by atoms with van der Waals surface area (Å²) in [5.74, 6) is -0.488. The maximum Gasteiger partial charge on any atom is 0.407 e. The van der Waals surface area contributed by atoms with Gasteiger partial charge in [-0.25, -0.2) is 4.79 Å². The lowest BCUT2D eigenvalue weighted by molar-refractivity contribution is -0.285. The van der Waals surface area contributed by atoms with Crippen molar-refractivity contribution in [2.24, 2.45) is 5.92 Å². The van der Waals surface area contributed by atoms with Crippen LogP contribution in [0.25, 0.3) is 0 Å². The lowest BCUT2D eigenvalue weighted by Gasteiger charge is -2.47. The maximum atomic E-state index is 12.8. The predicted molar refractivity (Wildman–Crippen MR) is 137 cm³/mol. The fraction of sp³-hybridized carbons (Fsp3) is 0.929. The highest BCUT2D eigenvalue weighted by Gasteiger charge is 2.67. The summed E-state index contributed by atoms with van der Waals surface area (Å²) in [4.78, 5) is 24.5. The summed E-state index contributed by atoms with van der Waals surface area (Å²) in [6.07, 6.45) is 0.971. The number of aliphatic hydroxyl groups is 1. The third-order valence-electron chi connectivity index (χ3n) is 8.07. The van der Waals surface area contributed by atoms with Crippen molar-refractivity contribution in [3.63, 3.8) is 0 Å². The van der Waals surface area contributed by atoms with E-state index in [0.29, 0.717) is 38.9 Å². The number of rotatable bonds is 11. The molecule has 11 nitrogen and oxygen atoms in total. The van der Waals surface area contributed by atoms with Crippen molar-refractivity contribution in [1.82, 2.24) is 5.32 Å². The molecule has 6 aliphatic heterocycles. The van der Waals surface area contributed by atoms with Gasteiger partial charge in [0.2, 0.25) is 0 Å². The van der Waals surface area contributed by atoms with Gasteiger partial charge in [0.1, 0.15) is 41.9 Å². The first-order valence-corrected chi connectivity index (χ1v) is 14.5. The smallest absolute Gasteiger partial charge is 0.407 e. The van der Waals surface area contributed by atoms with E-state index in [2.05, 4.69) is 5.32 Å². The zero-order valence-electron chi connectivity index (χ0n) is 23.8. The Labute approximate surface area is 230 Å². The minimum Gasteiger partial charge on any atom is -0.444 e. The minimum absolute atomic E-state index is 0.00778. The molecule has 6 bridgehead atoms. The first-order chi connectivity index (χ1) is 18.4. The molecule has 0 aliphatic carbocycles. The topological polar surface area (TPSA) is 131 Å². The molecule has 0 aromatic carbocycles. The second kappa shape index (κ2) is 11.5. The molecule has 8 unspecified atom stereocenters. The van der Waals surface area contributed by atoms with E-state index in [1.165, 1.54) is 0 Å². The molecule has 2 N–H and O–H groups in total. The molecule has 0 aromatic heterocycles. The summed E-state index contributed by atoms with van der Waals surface area (Å²) in [6.45, 7) is 10.1. The van der Waals surface area contributed by atoms with Crippen LogP contribution in [0.3, 0.4) is 0 Å². The van der Waals surface area contributed by atoms with E-state index >= 15 is 0 Å². The van der Waals surface area contributed by atoms with Gasteiger partial charge in [-0.05, 0) is 52.9 Å². The first-order valence-electron chi connectivity index (χ1n) is 14.5. The maximum absolute atomic E-state index is 12.8. The van der Waals surface area contributed by atoms with E-state index in [1.807, 2.05) is 13.8 Å². The number of fused-ring (bicyclic) bond motifs is 1. The molecule has 6 heterocycles. The molecule has 39 heavy (non-hydrogen) atoms. The molecular weight excluding hydrogens is 510 g/mol. The van der Waals surface area contributed by atoms with Gasteiger partial charge in [-0.1, -0.05) is 6.92 Å². The van der Waals surface area contributed by atoms with Crippen LogP contribution in [-0.4, -0.2) is 103 Å². The van der Waals surface area contributed by atoms with E-state index in [-0.39, 0.29) is 67.1 Å². The fourth-order valence-electron chi connectivity index (χ4n) is 6.45. The van der Waals surface area contributed by atoms with Gasteiger partial charge in [-0.15, -0.1) is 0 Å². The molecule has 11 heteroatoms. The Morgan fingerprint density at radius 2 is 1.74 bits per heavy atom. The van der Waals surface area contributed by atoms with Gasteiger partial charge in [-0.2, -0.15) is 0 Å². The molecule has 0 aromatic rings. The predicted octanol–water partition coefficient (Wildman–Crippen LogP) is 2.25. The van der Waals surface area contributed by atoms with Gasteiger partial charge in [0.15, 0.2) is 5.79 Å². The highest BCUT2D eigenvalue weighted by molar-refractivity contribution is 5.79. The number of ether oxygens (including phenoxy) is 7. The van der Waals surface area contributed by atoms with Gasteiger partial charge >= 0.3 is 6.09 Å². The van der Waals surface area contributed by atoms with Crippen molar-refractivity contribution in [3.8, 4) is 0 Å². The average molecular weight is 556 g/mol. The molecule has 11 atom stereocenters. The third kappa shape index (κ3) is 6.94. The van der Waals surface area contributed by atoms with Gasteiger partial charge in [0.05, 0.1) is 24.4 Å². The number of amides is 1. The zero-order valence-corrected chi connectivity index (χ0v) is 23.8. The van der Waals surface area contributed by atoms with Gasteiger partial charge < -0.3 is 43.6 Å². The van der Waals surface area contributed by atoms with Crippen molar-refractivity contribution in [2.45, 2.75) is 139 Å². The average Bonchev–Trinajstić information content (AvgIpc) is 3.23. The molecule has 0 radical (unpaired) electrons. The standard InChI is InChI=1S/C28H45NO10/c1-15(14-33-9-8-16(30)13-29-26(32)39-27(2,3)4)10-17(31)11-18-6-7-19-21(34-18)25-24-23(35-19)22-20(36-24)12-28(5,37-22)38-25/h15-16,18-25,30H,6-14H2,1-5H3,(H,29,32)/t15?,16?,18?,19?,20?,21-,22?,23-,24?,25?,28-/m0/s1. The molecule has 6 rings (SSSR count). The monoisotopic (exact) mass is 555 g/mol. The van der Waals surface area contributed by atoms with Crippen LogP contribution in [0.1, 0.15) is 73.1 Å². The summed E-state index contributed by atoms with van der Waals surface area (Å²) < 4.78 is 42.5. The molecule has 222 valence electrons. The van der Waals surface area contributed by atoms with Crippen LogP contribution in [0.5, 0.6) is 0 Å². The number of alkyl carbamates (subject to hydrolysis) is 1. The molecule has 6 fully saturated rings. The first kappa shape index (κ1) is 29.2. The van der Waals surface area contributed by atoms with Gasteiger partial charge in [0.25, 0.3) is 0 Å². The van der Waals surface area contributed by atoms with E-state index in [1.54, 1.807) is 20.8 Å². The van der Waals surface area contributed by atoms with Gasteiger partial charge in [0, 0.05) is 39.0 Å². The number of carbonyl (C=O) groups excluding carboxylic acids is 2. The lowest BCUT2D eigenvalue weighted by atomic mass is 9.86. The highest BCUT2D eigenvalue weighted by atomic mass is 16.8. The number of carbonyl (C=O) groups is 2. The Hall–Kier alpha value is -1.34. The lowest BCUT2D eigenvalue weighted by Crippen LogP contribution is -2.61. The second-order valence-corrected chi connectivity index (χ2v) is 13.0. The third-order valence-corrected chi connectivity index (χ3v) is 8.07. The Morgan fingerprint density at radius 1 is 1.03 bits per heavy atom. The van der Waals surface area contributed by atoms with E-state index in [9.17, 15) is 14.7 Å². The quantitative estimate of drug-likeness (QED) is 0.366. The van der Waals surface area contributed by atoms with Crippen LogP contribution in [0.2, 0.25) is 0 Å². The normalized spacial score (nSPS) is 40.1. The van der Waals surface area contributed by atoms with Crippen molar-refractivity contribution in [2.75, 3.05) is 19.8 Å². The number of aliphatic hydroxyl groups excluding tert-OH is 1. The summed E-state index contributed by atoms with van der Waals surface area (Å²) in [5.41, 5.74) is -0.586. The van der Waals surface area contributed by atoms with Crippen LogP contribution >= 0.6 is 0 Å². The SMILES string of the molecule is CC(COCCC(O)CNC(=O)OC(C)(C)C)CC(=O)CC1CCC2O[C@H]3C4O[C@]5(C)CC4OC3C(O5)[C@H]2O1. The number of hydrogen-bond donors (Lipinski definition) is 2. The van der Waals surface area contributed by atoms with Crippen LogP contribution in [0.4, 0.5) is 4.79 Å². The minimum atomic E-state index is -0.737. The van der Waals surface area contributed by atoms with Crippen LogP contribution in [-0.2, 0) is 38.0 Å². The van der Waals surface area contributed by atoms with Crippen molar-refractivity contribution in [1.29, 1.82) is 0 Å². The number of Topliss-reactive ketones (excluding diaryl/α,β-unsaturated/α-hetero) is 1. The number of hydrogen-bond acceptors (Lipinski definition) is 10. The Morgan fingerprint density at radius 3 is 2.51 bits per heavy atom. The molecule has 6 aliphatic rings. The molecule has 1 amide bonds. The van der Waals surface area contributed by atoms with E-state index in [4.69, 9.17) is 33.2 Å². The van der Waals surface area contributed by atoms with E-state index in [0.717, 1.165) is 12.8 Å². The highest BCUT2D eigenvalue weighted by Crippen LogP contribution is 2.52. The number of nitrogens with one attached hydrogen (secondary N) is 1. The summed E-state index contributed by atoms with van der Waals surface area (Å²) in [6, 6.07) is 0. The van der Waals surface area contributed by atoms with Crippen molar-refractivity contribution >= 4 is 11.9 Å². The number of ketones is 1. The Balaban J connectivity index is 0.989.